The van der Waals surface area contributed by atoms with Gasteiger partial charge in [-0.2, -0.15) is 0 Å². The van der Waals surface area contributed by atoms with Gasteiger partial charge in [0, 0.05) is 0 Å². The number of hydrogen-bond acceptors (Lipinski definition) is 4. The fourth-order valence-corrected chi connectivity index (χ4v) is 1.78. The smallest absolute Gasteiger partial charge is 0.141 e. The number of aryl methyl sites for hydroxylation is 1. The maximum Gasteiger partial charge on any atom is 0.141 e. The summed E-state index contributed by atoms with van der Waals surface area (Å²) in [5.41, 5.74) is 8.31. The number of benzene rings is 1. The Balaban J connectivity index is 2.10. The summed E-state index contributed by atoms with van der Waals surface area (Å²) in [6.07, 6.45) is 3.19. The Kier molecular flexibility index (Phi) is 3.44. The standard InChI is InChI=1S/C12H13ClN4/c1-8-3-2-4-10(13)12(8)17-6-9-5-16-11(14)7-15-9/h2-5,7,17H,6H2,1H3,(H2,14,16). The summed E-state index contributed by atoms with van der Waals surface area (Å²) in [5, 5.41) is 3.94. The summed E-state index contributed by atoms with van der Waals surface area (Å²) in [5.74, 6) is 0.419. The molecule has 0 radical (unpaired) electrons. The molecule has 0 bridgehead atoms. The Labute approximate surface area is 105 Å². The topological polar surface area (TPSA) is 63.8 Å². The molecule has 0 aliphatic heterocycles. The van der Waals surface area contributed by atoms with Gasteiger partial charge in [-0.3, -0.25) is 4.98 Å². The van der Waals surface area contributed by atoms with Crippen molar-refractivity contribution in [3.63, 3.8) is 0 Å². The van der Waals surface area contributed by atoms with Gasteiger partial charge < -0.3 is 11.1 Å². The average molecular weight is 249 g/mol. The number of para-hydroxylation sites is 1. The highest BCUT2D eigenvalue weighted by Gasteiger charge is 2.03. The Morgan fingerprint density at radius 1 is 1.29 bits per heavy atom. The van der Waals surface area contributed by atoms with E-state index in [1.807, 2.05) is 25.1 Å². The number of nitrogens with two attached hydrogens (primary N) is 1. The first kappa shape index (κ1) is 11.7. The normalized spacial score (nSPS) is 10.2. The number of rotatable bonds is 3. The molecule has 1 aromatic carbocycles. The zero-order valence-corrected chi connectivity index (χ0v) is 10.2. The molecule has 4 nitrogen and oxygen atoms in total. The van der Waals surface area contributed by atoms with Gasteiger partial charge in [0.1, 0.15) is 5.82 Å². The molecule has 2 rings (SSSR count). The molecule has 0 fully saturated rings. The molecule has 0 atom stereocenters. The first-order valence-corrected chi connectivity index (χ1v) is 5.60. The van der Waals surface area contributed by atoms with Gasteiger partial charge in [-0.1, -0.05) is 23.7 Å². The second kappa shape index (κ2) is 5.01. The number of hydrogen-bond donors (Lipinski definition) is 2. The molecule has 0 saturated heterocycles. The lowest BCUT2D eigenvalue weighted by molar-refractivity contribution is 1.01. The summed E-state index contributed by atoms with van der Waals surface area (Å²) < 4.78 is 0. The second-order valence-electron chi connectivity index (χ2n) is 3.72. The van der Waals surface area contributed by atoms with Crippen LogP contribution in [0, 0.1) is 6.92 Å². The van der Waals surface area contributed by atoms with Crippen molar-refractivity contribution in [3.8, 4) is 0 Å². The third-order valence-electron chi connectivity index (χ3n) is 2.39. The molecule has 1 heterocycles. The summed E-state index contributed by atoms with van der Waals surface area (Å²) in [6.45, 7) is 2.57. The molecule has 3 N–H and O–H groups in total. The minimum absolute atomic E-state index is 0.419. The van der Waals surface area contributed by atoms with E-state index >= 15 is 0 Å². The van der Waals surface area contributed by atoms with Gasteiger partial charge >= 0.3 is 0 Å². The zero-order valence-electron chi connectivity index (χ0n) is 9.44. The maximum atomic E-state index is 6.10. The predicted octanol–water partition coefficient (Wildman–Crippen LogP) is 2.63. The van der Waals surface area contributed by atoms with Crippen LogP contribution < -0.4 is 11.1 Å². The van der Waals surface area contributed by atoms with E-state index in [1.165, 1.54) is 6.20 Å². The molecule has 0 aliphatic carbocycles. The lowest BCUT2D eigenvalue weighted by atomic mass is 10.2. The van der Waals surface area contributed by atoms with Crippen molar-refractivity contribution in [2.45, 2.75) is 13.5 Å². The summed E-state index contributed by atoms with van der Waals surface area (Å²) in [7, 11) is 0. The number of nitrogens with zero attached hydrogens (tertiary/aromatic N) is 2. The number of nitrogens with one attached hydrogen (secondary N) is 1. The monoisotopic (exact) mass is 248 g/mol. The van der Waals surface area contributed by atoms with Crippen molar-refractivity contribution in [1.82, 2.24) is 9.97 Å². The van der Waals surface area contributed by atoms with Crippen molar-refractivity contribution >= 4 is 23.1 Å². The first-order valence-electron chi connectivity index (χ1n) is 5.22. The fraction of sp³-hybridized carbons (Fsp3) is 0.167. The highest BCUT2D eigenvalue weighted by molar-refractivity contribution is 6.33. The second-order valence-corrected chi connectivity index (χ2v) is 4.13. The van der Waals surface area contributed by atoms with E-state index in [1.54, 1.807) is 6.20 Å². The van der Waals surface area contributed by atoms with Crippen molar-refractivity contribution in [2.24, 2.45) is 0 Å². The molecule has 0 unspecified atom stereocenters. The fourth-order valence-electron chi connectivity index (χ4n) is 1.49. The van der Waals surface area contributed by atoms with Crippen molar-refractivity contribution in [1.29, 1.82) is 0 Å². The van der Waals surface area contributed by atoms with Crippen LogP contribution in [0.25, 0.3) is 0 Å². The van der Waals surface area contributed by atoms with Gasteiger partial charge in [0.05, 0.1) is 35.3 Å². The number of anilines is 2. The molecular formula is C12H13ClN4. The van der Waals surface area contributed by atoms with E-state index in [0.717, 1.165) is 16.9 Å². The third-order valence-corrected chi connectivity index (χ3v) is 2.71. The molecule has 2 aromatic rings. The summed E-state index contributed by atoms with van der Waals surface area (Å²) in [4.78, 5) is 8.14. The van der Waals surface area contributed by atoms with E-state index in [4.69, 9.17) is 17.3 Å². The van der Waals surface area contributed by atoms with Crippen LogP contribution in [-0.4, -0.2) is 9.97 Å². The Hall–Kier alpha value is -1.81. The number of halogens is 1. The van der Waals surface area contributed by atoms with Crippen LogP contribution in [0.15, 0.2) is 30.6 Å². The molecule has 0 aliphatic rings. The summed E-state index contributed by atoms with van der Waals surface area (Å²) >= 11 is 6.10. The minimum Gasteiger partial charge on any atom is -0.382 e. The molecule has 5 heteroatoms. The van der Waals surface area contributed by atoms with Crippen LogP contribution in [0.4, 0.5) is 11.5 Å². The first-order chi connectivity index (χ1) is 8.16. The van der Waals surface area contributed by atoms with Crippen LogP contribution in [0.3, 0.4) is 0 Å². The van der Waals surface area contributed by atoms with Gasteiger partial charge in [0.2, 0.25) is 0 Å². The van der Waals surface area contributed by atoms with E-state index in [2.05, 4.69) is 15.3 Å². The molecule has 88 valence electrons. The molecule has 1 aromatic heterocycles. The number of nitrogen functional groups attached to an aromatic ring is 1. The highest BCUT2D eigenvalue weighted by atomic mass is 35.5. The van der Waals surface area contributed by atoms with Crippen LogP contribution in [0.5, 0.6) is 0 Å². The van der Waals surface area contributed by atoms with Gasteiger partial charge in [0.25, 0.3) is 0 Å². The number of aromatic nitrogens is 2. The van der Waals surface area contributed by atoms with Crippen LogP contribution in [0.2, 0.25) is 5.02 Å². The lowest BCUT2D eigenvalue weighted by Gasteiger charge is -2.10. The van der Waals surface area contributed by atoms with E-state index in [-0.39, 0.29) is 0 Å². The Morgan fingerprint density at radius 2 is 2.12 bits per heavy atom. The van der Waals surface area contributed by atoms with Crippen molar-refractivity contribution in [3.05, 3.63) is 46.9 Å². The molecule has 17 heavy (non-hydrogen) atoms. The maximum absolute atomic E-state index is 6.10. The van der Waals surface area contributed by atoms with Crippen molar-refractivity contribution < 1.29 is 0 Å². The Morgan fingerprint density at radius 3 is 2.76 bits per heavy atom. The van der Waals surface area contributed by atoms with E-state index < -0.39 is 0 Å². The van der Waals surface area contributed by atoms with Crippen LogP contribution >= 0.6 is 11.6 Å². The highest BCUT2D eigenvalue weighted by Crippen LogP contribution is 2.25. The van der Waals surface area contributed by atoms with Gasteiger partial charge in [-0.05, 0) is 18.6 Å². The molecule has 0 amide bonds. The Bertz CT molecular complexity index is 490. The van der Waals surface area contributed by atoms with Gasteiger partial charge in [-0.25, -0.2) is 4.98 Å². The summed E-state index contributed by atoms with van der Waals surface area (Å²) in [6, 6.07) is 5.78. The van der Waals surface area contributed by atoms with Crippen LogP contribution in [0.1, 0.15) is 11.3 Å². The predicted molar refractivity (Wildman–Crippen MR) is 70.0 cm³/mol. The minimum atomic E-state index is 0.419. The molecule has 0 saturated carbocycles. The average Bonchev–Trinajstić information content (AvgIpc) is 2.31. The zero-order chi connectivity index (χ0) is 12.3. The quantitative estimate of drug-likeness (QED) is 0.877. The molecule has 0 spiro atoms. The van der Waals surface area contributed by atoms with Gasteiger partial charge in [0.15, 0.2) is 0 Å². The van der Waals surface area contributed by atoms with Crippen LogP contribution in [-0.2, 0) is 6.54 Å². The van der Waals surface area contributed by atoms with Gasteiger partial charge in [-0.15, -0.1) is 0 Å². The molecular weight excluding hydrogens is 236 g/mol. The van der Waals surface area contributed by atoms with E-state index in [0.29, 0.717) is 17.4 Å². The largest absolute Gasteiger partial charge is 0.382 e. The van der Waals surface area contributed by atoms with Crippen molar-refractivity contribution in [2.75, 3.05) is 11.1 Å². The lowest BCUT2D eigenvalue weighted by Crippen LogP contribution is -2.04. The SMILES string of the molecule is Cc1cccc(Cl)c1NCc1cnc(N)cn1. The van der Waals surface area contributed by atoms with E-state index in [9.17, 15) is 0 Å². The third kappa shape index (κ3) is 2.85.